The van der Waals surface area contributed by atoms with Crippen LogP contribution >= 0.6 is 0 Å². The number of aryl methyl sites for hydroxylation is 1. The molecule has 2 aliphatic rings. The van der Waals surface area contributed by atoms with E-state index in [9.17, 15) is 14.4 Å². The van der Waals surface area contributed by atoms with Crippen molar-refractivity contribution >= 4 is 17.9 Å². The fourth-order valence-electron chi connectivity index (χ4n) is 3.86. The van der Waals surface area contributed by atoms with Crippen molar-refractivity contribution in [1.29, 1.82) is 0 Å². The molecule has 3 amide bonds. The number of benzene rings is 2. The van der Waals surface area contributed by atoms with E-state index in [1.807, 2.05) is 49.4 Å². The molecule has 2 aromatic carbocycles. The number of hydrogen-bond donors (Lipinski definition) is 2. The number of hydrogen-bond acceptors (Lipinski definition) is 4. The molecule has 2 fully saturated rings. The van der Waals surface area contributed by atoms with Gasteiger partial charge in [0.1, 0.15) is 17.8 Å². The van der Waals surface area contributed by atoms with Crippen molar-refractivity contribution in [3.63, 3.8) is 0 Å². The van der Waals surface area contributed by atoms with Gasteiger partial charge in [0.15, 0.2) is 0 Å². The Bertz CT molecular complexity index is 913. The van der Waals surface area contributed by atoms with Gasteiger partial charge in [-0.3, -0.25) is 9.59 Å². The first-order valence-corrected chi connectivity index (χ1v) is 9.69. The quantitative estimate of drug-likeness (QED) is 0.829. The van der Waals surface area contributed by atoms with Crippen LogP contribution in [0.1, 0.15) is 17.5 Å². The maximum Gasteiger partial charge on any atom is 0.412 e. The van der Waals surface area contributed by atoms with Crippen molar-refractivity contribution in [2.75, 3.05) is 6.54 Å². The van der Waals surface area contributed by atoms with Crippen molar-refractivity contribution in [2.45, 2.75) is 37.9 Å². The molecule has 0 saturated carbocycles. The summed E-state index contributed by atoms with van der Waals surface area (Å²) in [5.74, 6) is 0.150. The van der Waals surface area contributed by atoms with E-state index in [-0.39, 0.29) is 17.9 Å². The number of amides is 3. The third kappa shape index (κ3) is 4.23. The lowest BCUT2D eigenvalue weighted by atomic mass is 10.0. The van der Waals surface area contributed by atoms with Crippen molar-refractivity contribution in [1.82, 2.24) is 15.5 Å². The summed E-state index contributed by atoms with van der Waals surface area (Å²) in [5, 5.41) is 5.60. The molecule has 0 bridgehead atoms. The Balaban J connectivity index is 1.37. The summed E-state index contributed by atoms with van der Waals surface area (Å²) >= 11 is 0. The molecule has 29 heavy (non-hydrogen) atoms. The first-order chi connectivity index (χ1) is 14.0. The Labute approximate surface area is 169 Å². The standard InChI is InChI=1S/C22H23N3O4/c1-14-7-9-17(10-8-14)29-22(28)23-16-12-19-20(26)24-18(21(27)25(19)13-16)11-15-5-3-2-4-6-15/h2-10,16,18-19H,11-13H2,1H3,(H,23,28)(H,24,26)/t16-,18+,19-/m0/s1. The third-order valence-corrected chi connectivity index (χ3v) is 5.34. The van der Waals surface area contributed by atoms with Gasteiger partial charge in [0.25, 0.3) is 0 Å². The molecule has 0 radical (unpaired) electrons. The van der Waals surface area contributed by atoms with Gasteiger partial charge >= 0.3 is 6.09 Å². The molecular formula is C22H23N3O4. The summed E-state index contributed by atoms with van der Waals surface area (Å²) in [6.07, 6.45) is 0.230. The molecule has 2 heterocycles. The maximum atomic E-state index is 12.9. The molecule has 0 unspecified atom stereocenters. The van der Waals surface area contributed by atoms with Crippen LogP contribution in [0.3, 0.4) is 0 Å². The average Bonchev–Trinajstić information content (AvgIpc) is 3.13. The Morgan fingerprint density at radius 1 is 1.14 bits per heavy atom. The second-order valence-electron chi connectivity index (χ2n) is 7.54. The minimum absolute atomic E-state index is 0.116. The number of ether oxygens (including phenoxy) is 1. The van der Waals surface area contributed by atoms with E-state index < -0.39 is 18.2 Å². The summed E-state index contributed by atoms with van der Waals surface area (Å²) in [6, 6.07) is 15.3. The highest BCUT2D eigenvalue weighted by Crippen LogP contribution is 2.24. The zero-order chi connectivity index (χ0) is 20.4. The monoisotopic (exact) mass is 393 g/mol. The number of nitrogens with zero attached hydrogens (tertiary/aromatic N) is 1. The van der Waals surface area contributed by atoms with Crippen LogP contribution < -0.4 is 15.4 Å². The van der Waals surface area contributed by atoms with Crippen LogP contribution in [0.2, 0.25) is 0 Å². The third-order valence-electron chi connectivity index (χ3n) is 5.34. The fourth-order valence-corrected chi connectivity index (χ4v) is 3.86. The lowest BCUT2D eigenvalue weighted by Gasteiger charge is -2.34. The number of fused-ring (bicyclic) bond motifs is 1. The molecule has 0 aliphatic carbocycles. The van der Waals surface area contributed by atoms with Crippen molar-refractivity contribution < 1.29 is 19.1 Å². The Hall–Kier alpha value is -3.35. The van der Waals surface area contributed by atoms with Crippen LogP contribution in [0.4, 0.5) is 4.79 Å². The summed E-state index contributed by atoms with van der Waals surface area (Å²) in [6.45, 7) is 2.25. The van der Waals surface area contributed by atoms with Crippen LogP contribution in [-0.2, 0) is 16.0 Å². The average molecular weight is 393 g/mol. The van der Waals surface area contributed by atoms with E-state index in [1.165, 1.54) is 0 Å². The van der Waals surface area contributed by atoms with E-state index in [2.05, 4.69) is 10.6 Å². The molecule has 3 atom stereocenters. The molecule has 4 rings (SSSR count). The molecule has 0 spiro atoms. The van der Waals surface area contributed by atoms with Gasteiger partial charge in [-0.25, -0.2) is 4.79 Å². The van der Waals surface area contributed by atoms with Crippen molar-refractivity contribution in [2.24, 2.45) is 0 Å². The maximum absolute atomic E-state index is 12.9. The molecule has 2 aliphatic heterocycles. The van der Waals surface area contributed by atoms with Gasteiger partial charge in [-0.15, -0.1) is 0 Å². The summed E-state index contributed by atoms with van der Waals surface area (Å²) in [7, 11) is 0. The van der Waals surface area contributed by atoms with Gasteiger partial charge in [-0.05, 0) is 31.0 Å². The predicted molar refractivity (Wildman–Crippen MR) is 106 cm³/mol. The van der Waals surface area contributed by atoms with Crippen LogP contribution in [-0.4, -0.2) is 47.5 Å². The topological polar surface area (TPSA) is 87.7 Å². The first kappa shape index (κ1) is 19.0. The Kier molecular flexibility index (Phi) is 5.20. The summed E-state index contributed by atoms with van der Waals surface area (Å²) < 4.78 is 5.28. The highest BCUT2D eigenvalue weighted by Gasteiger charge is 2.46. The molecule has 0 aromatic heterocycles. The van der Waals surface area contributed by atoms with Gasteiger partial charge in [0.05, 0.1) is 6.04 Å². The predicted octanol–water partition coefficient (Wildman–Crippen LogP) is 1.79. The molecule has 2 aromatic rings. The lowest BCUT2D eigenvalue weighted by Crippen LogP contribution is -2.61. The van der Waals surface area contributed by atoms with E-state index in [0.717, 1.165) is 11.1 Å². The summed E-state index contributed by atoms with van der Waals surface area (Å²) in [5.41, 5.74) is 2.06. The number of nitrogens with one attached hydrogen (secondary N) is 2. The van der Waals surface area contributed by atoms with Crippen molar-refractivity contribution in [3.8, 4) is 5.75 Å². The number of piperazine rings is 1. The van der Waals surface area contributed by atoms with Crippen molar-refractivity contribution in [3.05, 3.63) is 65.7 Å². The summed E-state index contributed by atoms with van der Waals surface area (Å²) in [4.78, 5) is 39.2. The van der Waals surface area contributed by atoms with Crippen LogP contribution in [0, 0.1) is 6.92 Å². The smallest absolute Gasteiger partial charge is 0.410 e. The zero-order valence-electron chi connectivity index (χ0n) is 16.1. The molecule has 2 saturated heterocycles. The van der Waals surface area contributed by atoms with E-state index >= 15 is 0 Å². The highest BCUT2D eigenvalue weighted by atomic mass is 16.6. The number of carbonyl (C=O) groups is 3. The molecular weight excluding hydrogens is 370 g/mol. The Morgan fingerprint density at radius 2 is 1.86 bits per heavy atom. The zero-order valence-corrected chi connectivity index (χ0v) is 16.1. The van der Waals surface area contributed by atoms with E-state index in [4.69, 9.17) is 4.74 Å². The Morgan fingerprint density at radius 3 is 2.59 bits per heavy atom. The largest absolute Gasteiger partial charge is 0.412 e. The van der Waals surface area contributed by atoms with Gasteiger partial charge in [-0.2, -0.15) is 0 Å². The van der Waals surface area contributed by atoms with Gasteiger partial charge in [-0.1, -0.05) is 48.0 Å². The van der Waals surface area contributed by atoms with Gasteiger partial charge in [0.2, 0.25) is 11.8 Å². The minimum Gasteiger partial charge on any atom is -0.410 e. The highest BCUT2D eigenvalue weighted by molar-refractivity contribution is 5.97. The van der Waals surface area contributed by atoms with Gasteiger partial charge < -0.3 is 20.3 Å². The van der Waals surface area contributed by atoms with E-state index in [1.54, 1.807) is 17.0 Å². The lowest BCUT2D eigenvalue weighted by molar-refractivity contribution is -0.147. The second kappa shape index (κ2) is 7.95. The number of rotatable bonds is 4. The molecule has 2 N–H and O–H groups in total. The van der Waals surface area contributed by atoms with E-state index in [0.29, 0.717) is 25.1 Å². The molecule has 7 heteroatoms. The van der Waals surface area contributed by atoms with Crippen LogP contribution in [0.5, 0.6) is 5.75 Å². The normalized spacial score (nSPS) is 23.3. The fraction of sp³-hybridized carbons (Fsp3) is 0.318. The molecule has 7 nitrogen and oxygen atoms in total. The van der Waals surface area contributed by atoms with Crippen LogP contribution in [0.25, 0.3) is 0 Å². The van der Waals surface area contributed by atoms with Crippen LogP contribution in [0.15, 0.2) is 54.6 Å². The minimum atomic E-state index is -0.590. The first-order valence-electron chi connectivity index (χ1n) is 9.69. The molecule has 150 valence electrons. The SMILES string of the molecule is Cc1ccc(OC(=O)N[C@H]2C[C@H]3C(=O)N[C@H](Cc4ccccc4)C(=O)N3C2)cc1. The second-order valence-corrected chi connectivity index (χ2v) is 7.54. The van der Waals surface area contributed by atoms with Gasteiger partial charge in [0, 0.05) is 13.0 Å². The number of carbonyl (C=O) groups excluding carboxylic acids is 3.